The van der Waals surface area contributed by atoms with Crippen molar-refractivity contribution in [2.45, 2.75) is 32.1 Å². The predicted octanol–water partition coefficient (Wildman–Crippen LogP) is 4.29. The molecule has 11 heteroatoms. The second-order valence-corrected chi connectivity index (χ2v) is 8.75. The number of benzene rings is 2. The van der Waals surface area contributed by atoms with Crippen LogP contribution in [0.2, 0.25) is 0 Å². The largest absolute Gasteiger partial charge is 0.493 e. The summed E-state index contributed by atoms with van der Waals surface area (Å²) in [6.07, 6.45) is 4.07. The highest BCUT2D eigenvalue weighted by Gasteiger charge is 2.25. The first-order chi connectivity index (χ1) is 18.2. The number of amides is 1. The number of piperidine rings is 1. The number of halogens is 1. The Morgan fingerprint density at radius 3 is 2.50 bits per heavy atom. The van der Waals surface area contributed by atoms with Gasteiger partial charge in [-0.15, -0.1) is 0 Å². The quantitative estimate of drug-likeness (QED) is 0.274. The number of nitrogens with one attached hydrogen (secondary N) is 1. The summed E-state index contributed by atoms with van der Waals surface area (Å²) in [5.41, 5.74) is 2.21. The average molecular weight is 528 g/mol. The molecule has 0 radical (unpaired) electrons. The SMILES string of the molecule is CC(=O)Nc1cccc(OCCCN2CCC(c3noc4cc(F)ccc34)CC2)c1.O=C(O)C=CC(=O)O. The van der Waals surface area contributed by atoms with Gasteiger partial charge in [0.15, 0.2) is 5.58 Å². The summed E-state index contributed by atoms with van der Waals surface area (Å²) < 4.78 is 24.5. The van der Waals surface area contributed by atoms with E-state index in [0.29, 0.717) is 30.3 Å². The van der Waals surface area contributed by atoms with Gasteiger partial charge in [-0.2, -0.15) is 0 Å². The van der Waals surface area contributed by atoms with Gasteiger partial charge in [0.25, 0.3) is 0 Å². The normalized spacial score (nSPS) is 14.2. The molecule has 1 aromatic heterocycles. The van der Waals surface area contributed by atoms with Crippen LogP contribution < -0.4 is 10.1 Å². The van der Waals surface area contributed by atoms with Crippen molar-refractivity contribution in [3.8, 4) is 5.75 Å². The minimum Gasteiger partial charge on any atom is -0.493 e. The predicted molar refractivity (Wildman–Crippen MR) is 138 cm³/mol. The van der Waals surface area contributed by atoms with Crippen molar-refractivity contribution in [3.63, 3.8) is 0 Å². The highest BCUT2D eigenvalue weighted by Crippen LogP contribution is 2.32. The van der Waals surface area contributed by atoms with Crippen LogP contribution in [0.1, 0.15) is 37.8 Å². The number of hydrogen-bond donors (Lipinski definition) is 3. The number of aliphatic carboxylic acids is 2. The Morgan fingerprint density at radius 2 is 1.84 bits per heavy atom. The summed E-state index contributed by atoms with van der Waals surface area (Å²) in [5, 5.41) is 23.5. The first kappa shape index (κ1) is 28.3. The standard InChI is InChI=1S/C23H26FN3O3.C4H4O4/c1-16(28)25-19-4-2-5-20(15-19)29-13-3-10-27-11-8-17(9-12-27)23-21-7-6-18(24)14-22(21)30-26-23;5-3(6)1-2-4(7)8/h2,4-7,14-15,17H,3,8-13H2,1H3,(H,25,28);1-2H,(H,5,6)(H,7,8). The van der Waals surface area contributed by atoms with Crippen LogP contribution in [-0.4, -0.2) is 64.4 Å². The number of rotatable bonds is 9. The fraction of sp³-hybridized carbons (Fsp3) is 0.333. The third-order valence-corrected chi connectivity index (χ3v) is 5.85. The van der Waals surface area contributed by atoms with E-state index in [-0.39, 0.29) is 11.7 Å². The number of nitrogens with zero attached hydrogens (tertiary/aromatic N) is 2. The third kappa shape index (κ3) is 9.00. The Hall–Kier alpha value is -4.25. The van der Waals surface area contributed by atoms with E-state index in [9.17, 15) is 18.8 Å². The molecule has 1 fully saturated rings. The van der Waals surface area contributed by atoms with E-state index in [4.69, 9.17) is 19.5 Å². The molecular formula is C27H30FN3O7. The van der Waals surface area contributed by atoms with Crippen molar-refractivity contribution in [3.05, 3.63) is 66.1 Å². The van der Waals surface area contributed by atoms with Crippen molar-refractivity contribution in [1.29, 1.82) is 0 Å². The van der Waals surface area contributed by atoms with Gasteiger partial charge in [0.05, 0.1) is 12.3 Å². The van der Waals surface area contributed by atoms with Gasteiger partial charge in [-0.05, 0) is 56.6 Å². The number of carboxylic acids is 2. The molecule has 0 bridgehead atoms. The number of ether oxygens (including phenoxy) is 1. The number of likely N-dealkylation sites (tertiary alicyclic amines) is 1. The van der Waals surface area contributed by atoms with Crippen molar-refractivity contribution in [2.75, 3.05) is 31.6 Å². The molecule has 202 valence electrons. The number of carbonyl (C=O) groups excluding carboxylic acids is 1. The van der Waals surface area contributed by atoms with E-state index in [1.807, 2.05) is 24.3 Å². The first-order valence-corrected chi connectivity index (χ1v) is 12.1. The van der Waals surface area contributed by atoms with Crippen LogP contribution in [0.15, 0.2) is 59.1 Å². The molecule has 0 saturated carbocycles. The number of aromatic nitrogens is 1. The number of hydrogen-bond acceptors (Lipinski definition) is 7. The van der Waals surface area contributed by atoms with Gasteiger partial charge in [-0.25, -0.2) is 14.0 Å². The lowest BCUT2D eigenvalue weighted by atomic mass is 9.91. The molecule has 1 aliphatic heterocycles. The second-order valence-electron chi connectivity index (χ2n) is 8.75. The van der Waals surface area contributed by atoms with Crippen LogP contribution in [0.3, 0.4) is 0 Å². The van der Waals surface area contributed by atoms with E-state index in [1.165, 1.54) is 19.1 Å². The molecule has 3 N–H and O–H groups in total. The fourth-order valence-electron chi connectivity index (χ4n) is 4.14. The Bertz CT molecular complexity index is 1270. The van der Waals surface area contributed by atoms with E-state index in [0.717, 1.165) is 61.4 Å². The molecule has 4 rings (SSSR count). The van der Waals surface area contributed by atoms with Crippen LogP contribution in [-0.2, 0) is 14.4 Å². The molecule has 2 heterocycles. The van der Waals surface area contributed by atoms with Crippen LogP contribution in [0.5, 0.6) is 5.75 Å². The maximum atomic E-state index is 13.3. The lowest BCUT2D eigenvalue weighted by Crippen LogP contribution is -2.34. The summed E-state index contributed by atoms with van der Waals surface area (Å²) in [5.74, 6) is -1.81. The fourth-order valence-corrected chi connectivity index (χ4v) is 4.14. The second kappa shape index (κ2) is 13.9. The maximum absolute atomic E-state index is 13.3. The van der Waals surface area contributed by atoms with E-state index in [1.54, 1.807) is 6.07 Å². The summed E-state index contributed by atoms with van der Waals surface area (Å²) in [4.78, 5) is 32.7. The molecule has 3 aromatic rings. The summed E-state index contributed by atoms with van der Waals surface area (Å²) in [6, 6.07) is 12.1. The van der Waals surface area contributed by atoms with Gasteiger partial charge in [0.1, 0.15) is 11.6 Å². The molecule has 0 spiro atoms. The van der Waals surface area contributed by atoms with Gasteiger partial charge in [0, 0.05) is 54.7 Å². The van der Waals surface area contributed by atoms with Crippen LogP contribution in [0.25, 0.3) is 11.0 Å². The van der Waals surface area contributed by atoms with Crippen molar-refractivity contribution in [1.82, 2.24) is 10.1 Å². The Balaban J connectivity index is 0.000000436. The van der Waals surface area contributed by atoms with Crippen LogP contribution in [0, 0.1) is 5.82 Å². The number of anilines is 1. The molecule has 1 aliphatic rings. The molecule has 38 heavy (non-hydrogen) atoms. The lowest BCUT2D eigenvalue weighted by Gasteiger charge is -2.31. The Labute approximate surface area is 218 Å². The highest BCUT2D eigenvalue weighted by atomic mass is 19.1. The van der Waals surface area contributed by atoms with Gasteiger partial charge >= 0.3 is 11.9 Å². The van der Waals surface area contributed by atoms with E-state index in [2.05, 4.69) is 15.4 Å². The zero-order chi connectivity index (χ0) is 27.5. The Morgan fingerprint density at radius 1 is 1.13 bits per heavy atom. The van der Waals surface area contributed by atoms with E-state index >= 15 is 0 Å². The number of fused-ring (bicyclic) bond motifs is 1. The van der Waals surface area contributed by atoms with Gasteiger partial charge in [-0.3, -0.25) is 4.79 Å². The molecule has 1 saturated heterocycles. The monoisotopic (exact) mass is 527 g/mol. The summed E-state index contributed by atoms with van der Waals surface area (Å²) in [7, 11) is 0. The third-order valence-electron chi connectivity index (χ3n) is 5.85. The van der Waals surface area contributed by atoms with E-state index < -0.39 is 11.9 Å². The molecule has 10 nitrogen and oxygen atoms in total. The minimum absolute atomic E-state index is 0.0960. The summed E-state index contributed by atoms with van der Waals surface area (Å²) >= 11 is 0. The zero-order valence-corrected chi connectivity index (χ0v) is 20.9. The van der Waals surface area contributed by atoms with Gasteiger partial charge in [-0.1, -0.05) is 11.2 Å². The molecular weight excluding hydrogens is 497 g/mol. The van der Waals surface area contributed by atoms with Gasteiger partial charge < -0.3 is 29.7 Å². The van der Waals surface area contributed by atoms with Crippen LogP contribution in [0.4, 0.5) is 10.1 Å². The van der Waals surface area contributed by atoms with Crippen molar-refractivity contribution >= 4 is 34.5 Å². The average Bonchev–Trinajstić information content (AvgIpc) is 3.29. The molecule has 0 atom stereocenters. The minimum atomic E-state index is -1.26. The van der Waals surface area contributed by atoms with Crippen molar-refractivity contribution in [2.24, 2.45) is 0 Å². The smallest absolute Gasteiger partial charge is 0.328 e. The zero-order valence-electron chi connectivity index (χ0n) is 20.9. The number of carbonyl (C=O) groups is 3. The number of carboxylic acid groups (broad SMARTS) is 2. The van der Waals surface area contributed by atoms with Crippen molar-refractivity contribution < 1.29 is 38.2 Å². The van der Waals surface area contributed by atoms with Gasteiger partial charge in [0.2, 0.25) is 5.91 Å². The maximum Gasteiger partial charge on any atom is 0.328 e. The highest BCUT2D eigenvalue weighted by molar-refractivity contribution is 5.89. The first-order valence-electron chi connectivity index (χ1n) is 12.1. The summed E-state index contributed by atoms with van der Waals surface area (Å²) in [6.45, 7) is 5.09. The van der Waals surface area contributed by atoms with Crippen LogP contribution >= 0.6 is 0 Å². The molecule has 0 unspecified atom stereocenters. The molecule has 2 aromatic carbocycles. The molecule has 1 amide bonds. The molecule has 0 aliphatic carbocycles. The Kier molecular flexibility index (Phi) is 10.4. The topological polar surface area (TPSA) is 142 Å². The lowest BCUT2D eigenvalue weighted by molar-refractivity contribution is -0.134.